The second kappa shape index (κ2) is 8.30. The number of amides is 2. The lowest BCUT2D eigenvalue weighted by Gasteiger charge is -2.51. The molecule has 2 aliphatic rings. The first-order valence-electron chi connectivity index (χ1n) is 9.96. The van der Waals surface area contributed by atoms with Gasteiger partial charge >= 0.3 is 0 Å². The van der Waals surface area contributed by atoms with Gasteiger partial charge in [0, 0.05) is 36.7 Å². The number of hydrogen-bond acceptors (Lipinski definition) is 6. The number of primary amides is 1. The molecular formula is C22H29N5O3. The van der Waals surface area contributed by atoms with Crippen LogP contribution in [0.5, 0.6) is 5.75 Å². The van der Waals surface area contributed by atoms with Gasteiger partial charge in [0.25, 0.3) is 0 Å². The van der Waals surface area contributed by atoms with Crippen LogP contribution in [0.4, 0.5) is 0 Å². The average molecular weight is 412 g/mol. The average Bonchev–Trinajstić information content (AvgIpc) is 2.66. The molecule has 2 aliphatic heterocycles. The van der Waals surface area contributed by atoms with Gasteiger partial charge in [-0.05, 0) is 38.0 Å². The second-order valence-electron chi connectivity index (χ2n) is 8.14. The number of likely N-dealkylation sites (tertiary alicyclic amines) is 1. The van der Waals surface area contributed by atoms with Crippen LogP contribution in [-0.4, -0.2) is 60.5 Å². The lowest BCUT2D eigenvalue weighted by atomic mass is 9.76. The molecule has 2 atom stereocenters. The minimum atomic E-state index is -0.983. The third kappa shape index (κ3) is 3.94. The number of hydrogen-bond donors (Lipinski definition) is 3. The van der Waals surface area contributed by atoms with Crippen LogP contribution in [0.25, 0.3) is 0 Å². The summed E-state index contributed by atoms with van der Waals surface area (Å²) < 4.78 is 5.35. The van der Waals surface area contributed by atoms with Crippen LogP contribution in [0.2, 0.25) is 0 Å². The zero-order chi connectivity index (χ0) is 22.1. The van der Waals surface area contributed by atoms with E-state index >= 15 is 0 Å². The van der Waals surface area contributed by atoms with Crippen molar-refractivity contribution in [3.63, 3.8) is 0 Å². The van der Waals surface area contributed by atoms with Gasteiger partial charge in [-0.25, -0.2) is 0 Å². The maximum atomic E-state index is 12.3. The number of amidine groups is 1. The fourth-order valence-electron chi connectivity index (χ4n) is 4.03. The van der Waals surface area contributed by atoms with Crippen molar-refractivity contribution in [2.24, 2.45) is 22.6 Å². The molecular weight excluding hydrogens is 382 g/mol. The first-order valence-corrected chi connectivity index (χ1v) is 9.96. The lowest BCUT2D eigenvalue weighted by molar-refractivity contribution is -0.134. The first kappa shape index (κ1) is 21.5. The molecule has 1 aromatic rings. The van der Waals surface area contributed by atoms with Crippen molar-refractivity contribution in [1.82, 2.24) is 10.2 Å². The van der Waals surface area contributed by atoms with E-state index in [1.807, 2.05) is 13.0 Å². The minimum absolute atomic E-state index is 0.0772. The molecule has 4 N–H and O–H groups in total. The van der Waals surface area contributed by atoms with E-state index in [0.29, 0.717) is 36.8 Å². The van der Waals surface area contributed by atoms with Gasteiger partial charge in [-0.15, -0.1) is 0 Å². The van der Waals surface area contributed by atoms with Crippen molar-refractivity contribution in [3.05, 3.63) is 42.0 Å². The van der Waals surface area contributed by atoms with Crippen molar-refractivity contribution in [3.8, 4) is 5.75 Å². The van der Waals surface area contributed by atoms with E-state index in [-0.39, 0.29) is 23.1 Å². The molecule has 8 heteroatoms. The van der Waals surface area contributed by atoms with Crippen molar-refractivity contribution in [1.29, 1.82) is 5.41 Å². The highest BCUT2D eigenvalue weighted by molar-refractivity contribution is 6.25. The molecule has 160 valence electrons. The molecule has 0 saturated carbocycles. The normalized spacial score (nSPS) is 22.2. The maximum Gasteiger partial charge on any atom is 0.245 e. The van der Waals surface area contributed by atoms with E-state index in [1.165, 1.54) is 6.08 Å². The number of aliphatic imine (C=N–C) groups is 1. The third-order valence-corrected chi connectivity index (χ3v) is 6.16. The number of carbonyl (C=O) groups excluding carboxylic acids is 2. The molecule has 3 rings (SSSR count). The molecule has 1 aromatic carbocycles. The van der Waals surface area contributed by atoms with E-state index in [0.717, 1.165) is 12.0 Å². The number of rotatable bonds is 7. The Kier molecular flexibility index (Phi) is 5.96. The van der Waals surface area contributed by atoms with Gasteiger partial charge in [-0.2, -0.15) is 0 Å². The molecule has 30 heavy (non-hydrogen) atoms. The van der Waals surface area contributed by atoms with Crippen LogP contribution in [0.3, 0.4) is 0 Å². The molecule has 2 heterocycles. The van der Waals surface area contributed by atoms with Crippen LogP contribution >= 0.6 is 0 Å². The molecule has 8 nitrogen and oxygen atoms in total. The molecule has 0 aliphatic carbocycles. The molecule has 2 amide bonds. The van der Waals surface area contributed by atoms with Gasteiger partial charge in [0.2, 0.25) is 11.8 Å². The van der Waals surface area contributed by atoms with Gasteiger partial charge < -0.3 is 26.1 Å². The quantitative estimate of drug-likeness (QED) is 0.462. The molecule has 1 saturated heterocycles. The smallest absolute Gasteiger partial charge is 0.245 e. The molecule has 1 fully saturated rings. The molecule has 0 radical (unpaired) electrons. The number of nitrogens with two attached hydrogens (primary N) is 1. The Bertz CT molecular complexity index is 919. The van der Waals surface area contributed by atoms with E-state index in [1.54, 1.807) is 24.1 Å². The molecule has 2 unspecified atom stereocenters. The van der Waals surface area contributed by atoms with Crippen molar-refractivity contribution in [2.75, 3.05) is 26.7 Å². The lowest BCUT2D eigenvalue weighted by Crippen LogP contribution is -2.66. The van der Waals surface area contributed by atoms with Crippen LogP contribution in [-0.2, 0) is 9.59 Å². The summed E-state index contributed by atoms with van der Waals surface area (Å²) in [6.07, 6.45) is 2.09. The van der Waals surface area contributed by atoms with E-state index in [9.17, 15) is 9.59 Å². The molecule has 0 aromatic heterocycles. The summed E-state index contributed by atoms with van der Waals surface area (Å²) >= 11 is 0. The summed E-state index contributed by atoms with van der Waals surface area (Å²) in [6.45, 7) is 9.28. The van der Waals surface area contributed by atoms with E-state index < -0.39 is 11.8 Å². The number of ether oxygens (including phenoxy) is 1. The van der Waals surface area contributed by atoms with Gasteiger partial charge in [-0.3, -0.25) is 14.6 Å². The summed E-state index contributed by atoms with van der Waals surface area (Å²) in [5.41, 5.74) is 6.94. The predicted molar refractivity (Wildman–Crippen MR) is 116 cm³/mol. The van der Waals surface area contributed by atoms with Crippen LogP contribution in [0, 0.1) is 24.2 Å². The van der Waals surface area contributed by atoms with E-state index in [4.69, 9.17) is 15.9 Å². The van der Waals surface area contributed by atoms with Crippen LogP contribution in [0.1, 0.15) is 24.5 Å². The minimum Gasteiger partial charge on any atom is -0.496 e. The molecule has 0 spiro atoms. The number of nitrogens with zero attached hydrogens (tertiary/aromatic N) is 2. The third-order valence-electron chi connectivity index (χ3n) is 6.16. The highest BCUT2D eigenvalue weighted by Gasteiger charge is 2.46. The Hall–Kier alpha value is -3.16. The monoisotopic (exact) mass is 411 g/mol. The van der Waals surface area contributed by atoms with Gasteiger partial charge in [0.1, 0.15) is 17.5 Å². The Morgan fingerprint density at radius 2 is 2.17 bits per heavy atom. The Morgan fingerprint density at radius 3 is 2.77 bits per heavy atom. The zero-order valence-electron chi connectivity index (χ0n) is 17.7. The first-order chi connectivity index (χ1) is 14.2. The summed E-state index contributed by atoms with van der Waals surface area (Å²) in [5.74, 6) is -0.423. The van der Waals surface area contributed by atoms with Gasteiger partial charge in [-0.1, -0.05) is 18.7 Å². The summed E-state index contributed by atoms with van der Waals surface area (Å²) in [6, 6.07) is 5.37. The summed E-state index contributed by atoms with van der Waals surface area (Å²) in [4.78, 5) is 30.4. The largest absolute Gasteiger partial charge is 0.496 e. The van der Waals surface area contributed by atoms with E-state index in [2.05, 4.69) is 23.8 Å². The summed E-state index contributed by atoms with van der Waals surface area (Å²) in [7, 11) is 1.57. The zero-order valence-corrected chi connectivity index (χ0v) is 17.7. The van der Waals surface area contributed by atoms with Crippen molar-refractivity contribution < 1.29 is 14.3 Å². The molecule has 0 bridgehead atoms. The SMILES string of the molecule is C=CC(=O)N1CC(C2(C)CCN=C(C(C(=N)c3ccc(C)c(OC)c3)C(N)=O)N2)C1. The second-order valence-corrected chi connectivity index (χ2v) is 8.14. The number of nitrogens with one attached hydrogen (secondary N) is 2. The topological polar surface area (TPSA) is 121 Å². The number of benzene rings is 1. The number of methoxy groups -OCH3 is 1. The van der Waals surface area contributed by atoms with Crippen LogP contribution in [0.15, 0.2) is 35.8 Å². The number of aryl methyl sites for hydroxylation is 1. The highest BCUT2D eigenvalue weighted by Crippen LogP contribution is 2.33. The predicted octanol–water partition coefficient (Wildman–Crippen LogP) is 1.27. The Labute approximate surface area is 176 Å². The Balaban J connectivity index is 1.80. The standard InChI is InChI=1S/C22H29N5O3/c1-5-17(28)27-11-15(12-27)22(3)8-9-25-21(26-22)18(20(24)29)19(23)14-7-6-13(2)16(10-14)30-4/h5-7,10,15,18,23H,1,8-9,11-12H2,2-4H3,(H2,24,29)(H,25,26). The van der Waals surface area contributed by atoms with Crippen LogP contribution < -0.4 is 15.8 Å². The maximum absolute atomic E-state index is 12.3. The van der Waals surface area contributed by atoms with Gasteiger partial charge in [0.15, 0.2) is 0 Å². The fraction of sp³-hybridized carbons (Fsp3) is 0.455. The van der Waals surface area contributed by atoms with Crippen molar-refractivity contribution >= 4 is 23.4 Å². The fourth-order valence-corrected chi connectivity index (χ4v) is 4.03. The van der Waals surface area contributed by atoms with Crippen molar-refractivity contribution in [2.45, 2.75) is 25.8 Å². The number of carbonyl (C=O) groups is 2. The Morgan fingerprint density at radius 1 is 1.47 bits per heavy atom. The summed E-state index contributed by atoms with van der Waals surface area (Å²) in [5, 5.41) is 12.1. The van der Waals surface area contributed by atoms with Gasteiger partial charge in [0.05, 0.1) is 12.8 Å². The highest BCUT2D eigenvalue weighted by atomic mass is 16.5.